The molecule has 1 aliphatic heterocycles. The third-order valence-electron chi connectivity index (χ3n) is 2.38. The maximum Gasteiger partial charge on any atom is 0.345 e. The van der Waals surface area contributed by atoms with E-state index in [2.05, 4.69) is 9.98 Å². The summed E-state index contributed by atoms with van der Waals surface area (Å²) in [6.45, 7) is 0.217. The highest BCUT2D eigenvalue weighted by atomic mass is 32.1. The fraction of sp³-hybridized carbons (Fsp3) is 0.0909. The maximum atomic E-state index is 10.5. The van der Waals surface area contributed by atoms with Crippen LogP contribution in [0.4, 0.5) is 10.1 Å². The summed E-state index contributed by atoms with van der Waals surface area (Å²) in [6.07, 6.45) is 2.77. The molecule has 0 unspecified atom stereocenters. The van der Waals surface area contributed by atoms with Gasteiger partial charge < -0.3 is 9.47 Å². The Bertz CT molecular complexity index is 668. The summed E-state index contributed by atoms with van der Waals surface area (Å²) in [6, 6.07) is 5.39. The number of hydrogen-bond donors (Lipinski definition) is 0. The lowest BCUT2D eigenvalue weighted by molar-refractivity contribution is -0.380. The Hall–Kier alpha value is -2.48. The Morgan fingerprint density at radius 2 is 2.26 bits per heavy atom. The summed E-state index contributed by atoms with van der Waals surface area (Å²) >= 11 is 0.922. The molecule has 19 heavy (non-hydrogen) atoms. The molecule has 0 amide bonds. The number of ether oxygens (including phenoxy) is 2. The lowest BCUT2D eigenvalue weighted by Crippen LogP contribution is -1.92. The molecule has 0 bridgehead atoms. The fourth-order valence-corrected chi connectivity index (χ4v) is 2.10. The van der Waals surface area contributed by atoms with Crippen molar-refractivity contribution < 1.29 is 14.4 Å². The molecule has 96 valence electrons. The summed E-state index contributed by atoms with van der Waals surface area (Å²) in [5.41, 5.74) is 0.808. The molecule has 2 aromatic rings. The minimum atomic E-state index is -0.489. The molecule has 8 heteroatoms. The van der Waals surface area contributed by atoms with Crippen molar-refractivity contribution in [1.82, 2.24) is 4.98 Å². The summed E-state index contributed by atoms with van der Waals surface area (Å²) in [7, 11) is 0. The zero-order valence-corrected chi connectivity index (χ0v) is 10.3. The molecule has 0 radical (unpaired) electrons. The summed E-state index contributed by atoms with van der Waals surface area (Å²) in [5, 5.41) is 10.8. The van der Waals surface area contributed by atoms with Gasteiger partial charge in [-0.1, -0.05) is 0 Å². The largest absolute Gasteiger partial charge is 0.454 e. The van der Waals surface area contributed by atoms with Crippen LogP contribution in [0.1, 0.15) is 5.56 Å². The number of benzene rings is 1. The molecule has 0 N–H and O–H groups in total. The zero-order valence-electron chi connectivity index (χ0n) is 9.48. The Labute approximate surface area is 111 Å². The van der Waals surface area contributed by atoms with Gasteiger partial charge in [-0.15, -0.1) is 0 Å². The van der Waals surface area contributed by atoms with Crippen molar-refractivity contribution in [2.75, 3.05) is 6.79 Å². The van der Waals surface area contributed by atoms with Crippen LogP contribution in [-0.4, -0.2) is 22.9 Å². The Kier molecular flexibility index (Phi) is 2.84. The van der Waals surface area contributed by atoms with Crippen LogP contribution in [0.15, 0.2) is 29.4 Å². The van der Waals surface area contributed by atoms with Gasteiger partial charge in [-0.05, 0) is 35.1 Å². The van der Waals surface area contributed by atoms with E-state index in [1.807, 2.05) is 6.07 Å². The Morgan fingerprint density at radius 1 is 1.42 bits per heavy atom. The molecule has 1 aromatic carbocycles. The van der Waals surface area contributed by atoms with E-state index in [1.165, 1.54) is 6.20 Å². The van der Waals surface area contributed by atoms with Crippen molar-refractivity contribution in [3.8, 4) is 11.5 Å². The van der Waals surface area contributed by atoms with Crippen LogP contribution in [0.25, 0.3) is 0 Å². The van der Waals surface area contributed by atoms with Crippen molar-refractivity contribution in [3.63, 3.8) is 0 Å². The van der Waals surface area contributed by atoms with Gasteiger partial charge in [0.15, 0.2) is 11.5 Å². The Morgan fingerprint density at radius 3 is 3.05 bits per heavy atom. The zero-order chi connectivity index (χ0) is 13.2. The first-order chi connectivity index (χ1) is 9.22. The lowest BCUT2D eigenvalue weighted by atomic mass is 10.2. The highest BCUT2D eigenvalue weighted by Crippen LogP contribution is 2.32. The van der Waals surface area contributed by atoms with Crippen LogP contribution < -0.4 is 9.47 Å². The number of nitrogens with zero attached hydrogens (tertiary/aromatic N) is 3. The summed E-state index contributed by atoms with van der Waals surface area (Å²) < 4.78 is 10.4. The van der Waals surface area contributed by atoms with E-state index in [4.69, 9.17) is 9.47 Å². The fourth-order valence-electron chi connectivity index (χ4n) is 1.52. The minimum Gasteiger partial charge on any atom is -0.454 e. The third-order valence-corrected chi connectivity index (χ3v) is 3.24. The standard InChI is InChI=1S/C11H7N3O4S/c15-14(16)10-5-13-11(19-10)12-4-7-1-2-8-9(3-7)18-6-17-8/h1-5H,6H2/b12-4+. The average molecular weight is 277 g/mol. The number of nitro groups is 1. The molecule has 2 heterocycles. The smallest absolute Gasteiger partial charge is 0.345 e. The van der Waals surface area contributed by atoms with Gasteiger partial charge in [-0.2, -0.15) is 0 Å². The molecule has 0 saturated carbocycles. The second-order valence-corrected chi connectivity index (χ2v) is 4.60. The first-order valence-corrected chi connectivity index (χ1v) is 6.08. The molecular formula is C11H7N3O4S. The van der Waals surface area contributed by atoms with Crippen LogP contribution in [0, 0.1) is 10.1 Å². The second kappa shape index (κ2) is 4.65. The van der Waals surface area contributed by atoms with Crippen LogP contribution in [0.2, 0.25) is 0 Å². The van der Waals surface area contributed by atoms with Crippen molar-refractivity contribution in [1.29, 1.82) is 0 Å². The highest BCUT2D eigenvalue weighted by Gasteiger charge is 2.13. The van der Waals surface area contributed by atoms with Crippen molar-refractivity contribution in [2.45, 2.75) is 0 Å². The van der Waals surface area contributed by atoms with E-state index in [1.54, 1.807) is 18.3 Å². The molecule has 0 fully saturated rings. The second-order valence-electron chi connectivity index (χ2n) is 3.61. The van der Waals surface area contributed by atoms with Gasteiger partial charge in [0.05, 0.1) is 4.92 Å². The van der Waals surface area contributed by atoms with Gasteiger partial charge >= 0.3 is 5.00 Å². The highest BCUT2D eigenvalue weighted by molar-refractivity contribution is 7.18. The van der Waals surface area contributed by atoms with Gasteiger partial charge in [0.2, 0.25) is 11.9 Å². The van der Waals surface area contributed by atoms with Crippen molar-refractivity contribution >= 4 is 27.7 Å². The first kappa shape index (κ1) is 11.6. The van der Waals surface area contributed by atoms with Gasteiger partial charge in [0.25, 0.3) is 0 Å². The lowest BCUT2D eigenvalue weighted by Gasteiger charge is -1.96. The van der Waals surface area contributed by atoms with Gasteiger partial charge in [-0.25, -0.2) is 9.98 Å². The molecule has 0 atom stereocenters. The molecule has 0 aliphatic carbocycles. The van der Waals surface area contributed by atoms with Gasteiger partial charge in [-0.3, -0.25) is 10.1 Å². The van der Waals surface area contributed by atoms with Gasteiger partial charge in [0, 0.05) is 6.21 Å². The molecule has 7 nitrogen and oxygen atoms in total. The quantitative estimate of drug-likeness (QED) is 0.488. The average Bonchev–Trinajstić information content (AvgIpc) is 3.04. The van der Waals surface area contributed by atoms with E-state index >= 15 is 0 Å². The van der Waals surface area contributed by atoms with E-state index in [-0.39, 0.29) is 11.8 Å². The van der Waals surface area contributed by atoms with Gasteiger partial charge in [0.1, 0.15) is 6.20 Å². The predicted molar refractivity (Wildman–Crippen MR) is 68.6 cm³/mol. The number of fused-ring (bicyclic) bond motifs is 1. The topological polar surface area (TPSA) is 86.9 Å². The number of thiazole rings is 1. The number of aliphatic imine (C=N–C) groups is 1. The SMILES string of the molecule is O=[N+]([O-])c1cnc(/N=C/c2ccc3c(c2)OCO3)s1. The molecule has 3 rings (SSSR count). The third kappa shape index (κ3) is 2.38. The monoisotopic (exact) mass is 277 g/mol. The van der Waals surface area contributed by atoms with E-state index < -0.39 is 4.92 Å². The van der Waals surface area contributed by atoms with Crippen LogP contribution >= 0.6 is 11.3 Å². The summed E-state index contributed by atoms with van der Waals surface area (Å²) in [4.78, 5) is 18.0. The predicted octanol–water partition coefficient (Wildman–Crippen LogP) is 2.53. The molecule has 0 saturated heterocycles. The van der Waals surface area contributed by atoms with E-state index in [0.717, 1.165) is 16.9 Å². The van der Waals surface area contributed by atoms with Crippen LogP contribution in [0.3, 0.4) is 0 Å². The minimum absolute atomic E-state index is 0.0298. The van der Waals surface area contributed by atoms with E-state index in [0.29, 0.717) is 16.6 Å². The van der Waals surface area contributed by atoms with Crippen LogP contribution in [0.5, 0.6) is 11.5 Å². The Balaban J connectivity index is 1.80. The molecule has 1 aliphatic rings. The number of rotatable bonds is 3. The maximum absolute atomic E-state index is 10.5. The normalized spacial score (nSPS) is 13.1. The summed E-state index contributed by atoms with van der Waals surface area (Å²) in [5.74, 6) is 1.36. The molecular weight excluding hydrogens is 270 g/mol. The number of hydrogen-bond acceptors (Lipinski definition) is 7. The molecule has 0 spiro atoms. The van der Waals surface area contributed by atoms with Crippen molar-refractivity contribution in [2.24, 2.45) is 4.99 Å². The molecule has 1 aromatic heterocycles. The number of aromatic nitrogens is 1. The van der Waals surface area contributed by atoms with Crippen LogP contribution in [-0.2, 0) is 0 Å². The van der Waals surface area contributed by atoms with Crippen molar-refractivity contribution in [3.05, 3.63) is 40.1 Å². The van der Waals surface area contributed by atoms with E-state index in [9.17, 15) is 10.1 Å². The first-order valence-electron chi connectivity index (χ1n) is 5.26.